The van der Waals surface area contributed by atoms with Crippen LogP contribution in [0.15, 0.2) is 30.5 Å². The molecule has 0 spiro atoms. The Labute approximate surface area is 153 Å². The molecule has 0 saturated carbocycles. The third kappa shape index (κ3) is 3.67. The lowest BCUT2D eigenvalue weighted by Crippen LogP contribution is -2.48. The van der Waals surface area contributed by atoms with Crippen molar-refractivity contribution in [3.05, 3.63) is 47.3 Å². The van der Waals surface area contributed by atoms with Crippen LogP contribution in [-0.2, 0) is 11.0 Å². The summed E-state index contributed by atoms with van der Waals surface area (Å²) < 4.78 is 40.1. The molecule has 1 atom stereocenters. The van der Waals surface area contributed by atoms with Crippen molar-refractivity contribution in [2.45, 2.75) is 38.4 Å². The van der Waals surface area contributed by atoms with Gasteiger partial charge in [0.2, 0.25) is 0 Å². The van der Waals surface area contributed by atoms with Crippen LogP contribution < -0.4 is 0 Å². The highest BCUT2D eigenvalue weighted by Gasteiger charge is 2.34. The number of rotatable bonds is 3. The lowest BCUT2D eigenvalue weighted by atomic mass is 10.0. The largest absolute Gasteiger partial charge is 0.480 e. The van der Waals surface area contributed by atoms with E-state index in [-0.39, 0.29) is 11.3 Å². The van der Waals surface area contributed by atoms with Crippen LogP contribution in [-0.4, -0.2) is 44.3 Å². The number of benzene rings is 1. The maximum Gasteiger partial charge on any atom is 0.416 e. The maximum absolute atomic E-state index is 12.9. The third-order valence-corrected chi connectivity index (χ3v) is 4.71. The smallest absolute Gasteiger partial charge is 0.416 e. The Morgan fingerprint density at radius 2 is 2.00 bits per heavy atom. The second-order valence-corrected chi connectivity index (χ2v) is 6.45. The lowest BCUT2D eigenvalue weighted by molar-refractivity contribution is -0.143. The number of alkyl halides is 3. The van der Waals surface area contributed by atoms with Gasteiger partial charge in [0.15, 0.2) is 0 Å². The monoisotopic (exact) mass is 381 g/mol. The van der Waals surface area contributed by atoms with Crippen molar-refractivity contribution in [1.82, 2.24) is 14.7 Å². The molecule has 9 heteroatoms. The number of carbonyl (C=O) groups is 2. The van der Waals surface area contributed by atoms with Crippen LogP contribution in [0.3, 0.4) is 0 Å². The molecular formula is C18H18F3N3O3. The maximum atomic E-state index is 12.9. The number of aromatic nitrogens is 2. The van der Waals surface area contributed by atoms with Crippen molar-refractivity contribution >= 4 is 11.9 Å². The van der Waals surface area contributed by atoms with Crippen molar-refractivity contribution < 1.29 is 27.9 Å². The molecule has 0 aliphatic carbocycles. The molecule has 3 rings (SSSR count). The third-order valence-electron chi connectivity index (χ3n) is 4.71. The molecule has 0 unspecified atom stereocenters. The SMILES string of the molecule is Cc1c(C(=O)N2CCCC[C@@H]2C(=O)O)cnn1-c1cccc(C(F)(F)F)c1. The number of aliphatic carboxylic acids is 1. The van der Waals surface area contributed by atoms with E-state index < -0.39 is 29.7 Å². The molecule has 1 aliphatic heterocycles. The molecule has 144 valence electrons. The van der Waals surface area contributed by atoms with Crippen LogP contribution >= 0.6 is 0 Å². The van der Waals surface area contributed by atoms with E-state index in [1.807, 2.05) is 0 Å². The van der Waals surface area contributed by atoms with Gasteiger partial charge in [0.05, 0.1) is 28.7 Å². The first-order valence-corrected chi connectivity index (χ1v) is 8.46. The Morgan fingerprint density at radius 1 is 1.26 bits per heavy atom. The van der Waals surface area contributed by atoms with Crippen LogP contribution in [0.25, 0.3) is 5.69 Å². The van der Waals surface area contributed by atoms with E-state index in [9.17, 15) is 27.9 Å². The summed E-state index contributed by atoms with van der Waals surface area (Å²) >= 11 is 0. The van der Waals surface area contributed by atoms with E-state index >= 15 is 0 Å². The van der Waals surface area contributed by atoms with Gasteiger partial charge in [-0.15, -0.1) is 0 Å². The molecule has 1 aromatic heterocycles. The van der Waals surface area contributed by atoms with Gasteiger partial charge in [0.25, 0.3) is 5.91 Å². The second-order valence-electron chi connectivity index (χ2n) is 6.45. The fourth-order valence-corrected chi connectivity index (χ4v) is 3.28. The Balaban J connectivity index is 1.94. The number of halogens is 3. The van der Waals surface area contributed by atoms with E-state index in [1.165, 1.54) is 27.9 Å². The molecule has 1 saturated heterocycles. The number of carboxylic acid groups (broad SMARTS) is 1. The highest BCUT2D eigenvalue weighted by molar-refractivity contribution is 5.97. The number of nitrogens with zero attached hydrogens (tertiary/aromatic N) is 3. The molecule has 1 aromatic carbocycles. The molecule has 1 aliphatic rings. The zero-order valence-corrected chi connectivity index (χ0v) is 14.5. The van der Waals surface area contributed by atoms with Crippen LogP contribution in [0.4, 0.5) is 13.2 Å². The number of hydrogen-bond donors (Lipinski definition) is 1. The highest BCUT2D eigenvalue weighted by atomic mass is 19.4. The predicted molar refractivity (Wildman–Crippen MR) is 89.6 cm³/mol. The highest BCUT2D eigenvalue weighted by Crippen LogP contribution is 2.31. The molecule has 6 nitrogen and oxygen atoms in total. The Hall–Kier alpha value is -2.84. The fraction of sp³-hybridized carbons (Fsp3) is 0.389. The molecule has 0 bridgehead atoms. The summed E-state index contributed by atoms with van der Waals surface area (Å²) in [6.45, 7) is 1.89. The number of amides is 1. The Kier molecular flexibility index (Phi) is 4.95. The topological polar surface area (TPSA) is 75.4 Å². The molecule has 1 amide bonds. The minimum atomic E-state index is -4.49. The van der Waals surface area contributed by atoms with Gasteiger partial charge in [0, 0.05) is 6.54 Å². The molecule has 2 heterocycles. The summed E-state index contributed by atoms with van der Waals surface area (Å²) in [5, 5.41) is 13.4. The van der Waals surface area contributed by atoms with Gasteiger partial charge in [0.1, 0.15) is 6.04 Å². The van der Waals surface area contributed by atoms with Crippen molar-refractivity contribution in [3.8, 4) is 5.69 Å². The molecule has 27 heavy (non-hydrogen) atoms. The van der Waals surface area contributed by atoms with E-state index in [0.717, 1.165) is 18.6 Å². The first-order chi connectivity index (χ1) is 12.7. The average Bonchev–Trinajstić information content (AvgIpc) is 3.02. The molecule has 1 fully saturated rings. The van der Waals surface area contributed by atoms with E-state index in [4.69, 9.17) is 0 Å². The van der Waals surface area contributed by atoms with E-state index in [1.54, 1.807) is 6.92 Å². The lowest BCUT2D eigenvalue weighted by Gasteiger charge is -2.32. The Bertz CT molecular complexity index is 876. The number of carbonyl (C=O) groups excluding carboxylic acids is 1. The summed E-state index contributed by atoms with van der Waals surface area (Å²) in [6, 6.07) is 3.74. The predicted octanol–water partition coefficient (Wildman–Crippen LogP) is 3.28. The van der Waals surface area contributed by atoms with Gasteiger partial charge in [-0.25, -0.2) is 9.48 Å². The van der Waals surface area contributed by atoms with Crippen molar-refractivity contribution in [3.63, 3.8) is 0 Å². The van der Waals surface area contributed by atoms with Gasteiger partial charge < -0.3 is 10.0 Å². The quantitative estimate of drug-likeness (QED) is 0.885. The minimum Gasteiger partial charge on any atom is -0.480 e. The van der Waals surface area contributed by atoms with Crippen LogP contribution in [0.2, 0.25) is 0 Å². The molecular weight excluding hydrogens is 363 g/mol. The van der Waals surface area contributed by atoms with Crippen LogP contribution in [0.1, 0.15) is 40.9 Å². The van der Waals surface area contributed by atoms with Gasteiger partial charge in [-0.2, -0.15) is 18.3 Å². The molecule has 2 aromatic rings. The summed E-state index contributed by atoms with van der Waals surface area (Å²) in [4.78, 5) is 25.6. The minimum absolute atomic E-state index is 0.176. The fourth-order valence-electron chi connectivity index (χ4n) is 3.28. The van der Waals surface area contributed by atoms with Crippen molar-refractivity contribution in [1.29, 1.82) is 0 Å². The number of likely N-dealkylation sites (tertiary alicyclic amines) is 1. The van der Waals surface area contributed by atoms with Crippen molar-refractivity contribution in [2.75, 3.05) is 6.54 Å². The van der Waals surface area contributed by atoms with E-state index in [0.29, 0.717) is 25.1 Å². The summed E-state index contributed by atoms with van der Waals surface area (Å²) in [7, 11) is 0. The van der Waals surface area contributed by atoms with E-state index in [2.05, 4.69) is 5.10 Å². The standard InChI is InChI=1S/C18H18F3N3O3/c1-11-14(16(25)23-8-3-2-7-15(23)17(26)27)10-22-24(11)13-6-4-5-12(9-13)18(19,20)21/h4-6,9-10,15H,2-3,7-8H2,1H3,(H,26,27)/t15-/m1/s1. The number of carboxylic acids is 1. The van der Waals surface area contributed by atoms with Crippen LogP contribution in [0.5, 0.6) is 0 Å². The summed E-state index contributed by atoms with van der Waals surface area (Å²) in [5.41, 5.74) is -0.103. The first kappa shape index (κ1) is 18.9. The Morgan fingerprint density at radius 3 is 2.67 bits per heavy atom. The number of hydrogen-bond acceptors (Lipinski definition) is 3. The zero-order chi connectivity index (χ0) is 19.8. The molecule has 0 radical (unpaired) electrons. The molecule has 1 N–H and O–H groups in total. The van der Waals surface area contributed by atoms with Crippen molar-refractivity contribution in [2.24, 2.45) is 0 Å². The first-order valence-electron chi connectivity index (χ1n) is 8.46. The zero-order valence-electron chi connectivity index (χ0n) is 14.5. The number of piperidine rings is 1. The van der Waals surface area contributed by atoms with Gasteiger partial charge in [-0.3, -0.25) is 4.79 Å². The normalized spacial score (nSPS) is 17.8. The van der Waals surface area contributed by atoms with Gasteiger partial charge in [-0.05, 0) is 44.4 Å². The van der Waals surface area contributed by atoms with Crippen LogP contribution in [0, 0.1) is 6.92 Å². The van der Waals surface area contributed by atoms with Gasteiger partial charge in [-0.1, -0.05) is 6.07 Å². The summed E-state index contributed by atoms with van der Waals surface area (Å²) in [6.07, 6.45) is -1.41. The summed E-state index contributed by atoms with van der Waals surface area (Å²) in [5.74, 6) is -1.54. The average molecular weight is 381 g/mol. The van der Waals surface area contributed by atoms with Gasteiger partial charge >= 0.3 is 12.1 Å². The second kappa shape index (κ2) is 7.05.